The molecule has 0 aliphatic carbocycles. The molecule has 0 saturated heterocycles. The van der Waals surface area contributed by atoms with Gasteiger partial charge in [0.1, 0.15) is 18.0 Å². The van der Waals surface area contributed by atoms with Crippen molar-refractivity contribution >= 4 is 11.6 Å². The molecule has 0 fully saturated rings. The van der Waals surface area contributed by atoms with Crippen molar-refractivity contribution in [3.8, 4) is 5.75 Å². The van der Waals surface area contributed by atoms with Gasteiger partial charge in [0.25, 0.3) is 5.56 Å². The molecule has 9 heteroatoms. The summed E-state index contributed by atoms with van der Waals surface area (Å²) in [6, 6.07) is 10.4. The van der Waals surface area contributed by atoms with Gasteiger partial charge in [0.2, 0.25) is 0 Å². The van der Waals surface area contributed by atoms with Crippen LogP contribution in [0.25, 0.3) is 5.65 Å². The molecule has 2 aromatic heterocycles. The molecule has 0 spiro atoms. The Morgan fingerprint density at radius 3 is 2.70 bits per heavy atom. The largest absolute Gasteiger partial charge is 0.482 e. The number of hydrogen-bond donors (Lipinski definition) is 0. The zero-order valence-corrected chi connectivity index (χ0v) is 13.8. The number of rotatable bonds is 5. The van der Waals surface area contributed by atoms with E-state index in [1.165, 1.54) is 22.6 Å². The lowest BCUT2D eigenvalue weighted by atomic mass is 10.2. The van der Waals surface area contributed by atoms with Gasteiger partial charge in [-0.1, -0.05) is 12.1 Å². The number of carbonyl (C=O) groups is 1. The Labute approximate surface area is 150 Å². The Morgan fingerprint density at radius 1 is 1.11 bits per heavy atom. The lowest BCUT2D eigenvalue weighted by Gasteiger charge is -2.10. The highest BCUT2D eigenvalue weighted by Crippen LogP contribution is 2.31. The van der Waals surface area contributed by atoms with Gasteiger partial charge in [0.05, 0.1) is 11.3 Å². The highest BCUT2D eigenvalue weighted by molar-refractivity contribution is 5.71. The summed E-state index contributed by atoms with van der Waals surface area (Å²) < 4.78 is 49.2. The minimum atomic E-state index is -4.50. The number of halogens is 3. The van der Waals surface area contributed by atoms with E-state index in [2.05, 4.69) is 4.98 Å². The Bertz CT molecular complexity index is 1030. The number of alkyl halides is 3. The van der Waals surface area contributed by atoms with E-state index in [1.807, 2.05) is 0 Å². The molecule has 1 aromatic carbocycles. The van der Waals surface area contributed by atoms with Crippen molar-refractivity contribution in [2.24, 2.45) is 0 Å². The SMILES string of the molecule is O=C(COc1cccc(C(F)(F)F)c1)OCc1cc(=O)n2ccccc2n1. The van der Waals surface area contributed by atoms with E-state index in [1.54, 1.807) is 24.4 Å². The maximum absolute atomic E-state index is 12.6. The number of ether oxygens (including phenoxy) is 2. The fourth-order valence-corrected chi connectivity index (χ4v) is 2.28. The van der Waals surface area contributed by atoms with Gasteiger partial charge in [-0.15, -0.1) is 0 Å². The van der Waals surface area contributed by atoms with Gasteiger partial charge < -0.3 is 9.47 Å². The summed E-state index contributed by atoms with van der Waals surface area (Å²) in [5.74, 6) is -0.911. The zero-order chi connectivity index (χ0) is 19.4. The van der Waals surface area contributed by atoms with Crippen molar-refractivity contribution in [1.82, 2.24) is 9.38 Å². The summed E-state index contributed by atoms with van der Waals surface area (Å²) in [6.45, 7) is -0.834. The van der Waals surface area contributed by atoms with E-state index in [4.69, 9.17) is 9.47 Å². The summed E-state index contributed by atoms with van der Waals surface area (Å²) in [5, 5.41) is 0. The molecule has 6 nitrogen and oxygen atoms in total. The van der Waals surface area contributed by atoms with Gasteiger partial charge in [-0.2, -0.15) is 13.2 Å². The Kier molecular flexibility index (Phi) is 5.11. The third kappa shape index (κ3) is 4.63. The second-order valence-electron chi connectivity index (χ2n) is 5.49. The van der Waals surface area contributed by atoms with Crippen molar-refractivity contribution < 1.29 is 27.4 Å². The van der Waals surface area contributed by atoms with E-state index < -0.39 is 24.3 Å². The number of hydrogen-bond acceptors (Lipinski definition) is 5. The van der Waals surface area contributed by atoms with Gasteiger partial charge in [0, 0.05) is 12.3 Å². The van der Waals surface area contributed by atoms with Crippen molar-refractivity contribution in [1.29, 1.82) is 0 Å². The van der Waals surface area contributed by atoms with E-state index in [0.717, 1.165) is 12.1 Å². The number of benzene rings is 1. The Balaban J connectivity index is 1.58. The summed E-state index contributed by atoms with van der Waals surface area (Å²) in [5.41, 5.74) is -0.559. The van der Waals surface area contributed by atoms with Crippen molar-refractivity contribution in [3.05, 3.63) is 76.3 Å². The first-order valence-electron chi connectivity index (χ1n) is 7.76. The first-order chi connectivity index (χ1) is 12.8. The third-order valence-electron chi connectivity index (χ3n) is 3.52. The predicted octanol–water partition coefficient (Wildman–Crippen LogP) is 2.84. The summed E-state index contributed by atoms with van der Waals surface area (Å²) >= 11 is 0. The zero-order valence-electron chi connectivity index (χ0n) is 13.8. The summed E-state index contributed by atoms with van der Waals surface area (Å²) in [4.78, 5) is 27.9. The molecule has 0 saturated carbocycles. The molecular weight excluding hydrogens is 365 g/mol. The summed E-state index contributed by atoms with van der Waals surface area (Å²) in [6.07, 6.45) is -2.95. The standard InChI is InChI=1S/C18H13F3N2O4/c19-18(20,21)12-4-3-5-14(8-12)26-11-17(25)27-10-13-9-16(24)23-7-2-1-6-15(23)22-13/h1-9H,10-11H2. The van der Waals surface area contributed by atoms with Crippen LogP contribution in [-0.4, -0.2) is 22.0 Å². The van der Waals surface area contributed by atoms with Gasteiger partial charge in [-0.3, -0.25) is 9.20 Å². The fourth-order valence-electron chi connectivity index (χ4n) is 2.28. The van der Waals surface area contributed by atoms with Crippen molar-refractivity contribution in [3.63, 3.8) is 0 Å². The minimum Gasteiger partial charge on any atom is -0.482 e. The average molecular weight is 378 g/mol. The fraction of sp³-hybridized carbons (Fsp3) is 0.167. The smallest absolute Gasteiger partial charge is 0.416 e. The van der Waals surface area contributed by atoms with Crippen LogP contribution in [0.3, 0.4) is 0 Å². The Hall–Kier alpha value is -3.36. The van der Waals surface area contributed by atoms with Crippen LogP contribution in [-0.2, 0) is 22.3 Å². The minimum absolute atomic E-state index is 0.108. The highest BCUT2D eigenvalue weighted by atomic mass is 19.4. The molecule has 0 N–H and O–H groups in total. The molecule has 0 aliphatic rings. The van der Waals surface area contributed by atoms with Gasteiger partial charge in [-0.05, 0) is 30.3 Å². The van der Waals surface area contributed by atoms with Crippen molar-refractivity contribution in [2.45, 2.75) is 12.8 Å². The molecular formula is C18H13F3N2O4. The monoisotopic (exact) mass is 378 g/mol. The van der Waals surface area contributed by atoms with Crippen LogP contribution in [0, 0.1) is 0 Å². The first kappa shape index (κ1) is 18.4. The molecule has 0 radical (unpaired) electrons. The number of nitrogens with zero attached hydrogens (tertiary/aromatic N) is 2. The average Bonchev–Trinajstić information content (AvgIpc) is 2.64. The van der Waals surface area contributed by atoms with Crippen LogP contribution in [0.15, 0.2) is 59.5 Å². The van der Waals surface area contributed by atoms with Crippen LogP contribution in [0.5, 0.6) is 5.75 Å². The topological polar surface area (TPSA) is 69.9 Å². The van der Waals surface area contributed by atoms with Crippen LogP contribution in [0.2, 0.25) is 0 Å². The third-order valence-corrected chi connectivity index (χ3v) is 3.52. The molecule has 0 aliphatic heterocycles. The lowest BCUT2D eigenvalue weighted by Crippen LogP contribution is -2.18. The van der Waals surface area contributed by atoms with E-state index in [-0.39, 0.29) is 23.6 Å². The molecule has 0 unspecified atom stereocenters. The highest BCUT2D eigenvalue weighted by Gasteiger charge is 2.30. The van der Waals surface area contributed by atoms with Crippen LogP contribution >= 0.6 is 0 Å². The maximum Gasteiger partial charge on any atom is 0.416 e. The number of aromatic nitrogens is 2. The van der Waals surface area contributed by atoms with Crippen LogP contribution < -0.4 is 10.3 Å². The first-order valence-corrected chi connectivity index (χ1v) is 7.76. The number of pyridine rings is 1. The molecule has 0 amide bonds. The normalized spacial score (nSPS) is 11.4. The second kappa shape index (κ2) is 7.48. The lowest BCUT2D eigenvalue weighted by molar-refractivity contribution is -0.147. The van der Waals surface area contributed by atoms with Crippen LogP contribution in [0.4, 0.5) is 13.2 Å². The van der Waals surface area contributed by atoms with Gasteiger partial charge >= 0.3 is 12.1 Å². The molecule has 3 rings (SSSR count). The number of esters is 1. The van der Waals surface area contributed by atoms with Crippen LogP contribution in [0.1, 0.15) is 11.3 Å². The molecule has 140 valence electrons. The molecule has 0 bridgehead atoms. The molecule has 3 aromatic rings. The summed E-state index contributed by atoms with van der Waals surface area (Å²) in [7, 11) is 0. The molecule has 0 atom stereocenters. The molecule has 2 heterocycles. The molecule has 27 heavy (non-hydrogen) atoms. The van der Waals surface area contributed by atoms with Crippen molar-refractivity contribution in [2.75, 3.05) is 6.61 Å². The predicted molar refractivity (Wildman–Crippen MR) is 88.2 cm³/mol. The number of carbonyl (C=O) groups excluding carboxylic acids is 1. The van der Waals surface area contributed by atoms with Gasteiger partial charge in [0.15, 0.2) is 6.61 Å². The Morgan fingerprint density at radius 2 is 1.93 bits per heavy atom. The number of fused-ring (bicyclic) bond motifs is 1. The van der Waals surface area contributed by atoms with E-state index in [0.29, 0.717) is 5.65 Å². The van der Waals surface area contributed by atoms with Gasteiger partial charge in [-0.25, -0.2) is 9.78 Å². The maximum atomic E-state index is 12.6. The second-order valence-corrected chi connectivity index (χ2v) is 5.49. The van der Waals surface area contributed by atoms with E-state index in [9.17, 15) is 22.8 Å². The quantitative estimate of drug-likeness (QED) is 0.639. The van der Waals surface area contributed by atoms with E-state index >= 15 is 0 Å².